The molecule has 2 aromatic carbocycles. The zero-order chi connectivity index (χ0) is 18.7. The molecule has 3 rings (SSSR count). The summed E-state index contributed by atoms with van der Waals surface area (Å²) in [7, 11) is 0. The lowest BCUT2D eigenvalue weighted by Gasteiger charge is -2.01. The molecule has 4 nitrogen and oxygen atoms in total. The molecule has 1 aromatic heterocycles. The summed E-state index contributed by atoms with van der Waals surface area (Å²) in [6.45, 7) is 0. The summed E-state index contributed by atoms with van der Waals surface area (Å²) < 4.78 is 15.0. The van der Waals surface area contributed by atoms with Crippen LogP contribution in [0.2, 0.25) is 5.02 Å². The predicted octanol–water partition coefficient (Wildman–Crippen LogP) is 2.72. The second kappa shape index (κ2) is 7.37. The predicted molar refractivity (Wildman–Crippen MR) is 98.8 cm³/mol. The summed E-state index contributed by atoms with van der Waals surface area (Å²) in [5.74, 6) is -0.450. The summed E-state index contributed by atoms with van der Waals surface area (Å²) in [4.78, 5) is 12.9. The maximum absolute atomic E-state index is 13.2. The van der Waals surface area contributed by atoms with Crippen molar-refractivity contribution in [3.63, 3.8) is 0 Å². The number of hydrogen-bond acceptors (Lipinski definition) is 4. The molecule has 7 heteroatoms. The second-order valence-corrected chi connectivity index (χ2v) is 6.65. The average molecular weight is 382 g/mol. The first-order valence-electron chi connectivity index (χ1n) is 7.33. The molecular weight excluding hydrogens is 373 g/mol. The Kier molecular flexibility index (Phi) is 4.99. The number of benzene rings is 2. The summed E-state index contributed by atoms with van der Waals surface area (Å²) in [5, 5.41) is 19.0. The zero-order valence-corrected chi connectivity index (χ0v) is 14.7. The molecular formula is C19H9ClFN3OS. The van der Waals surface area contributed by atoms with Gasteiger partial charge in [-0.05, 0) is 48.0 Å². The van der Waals surface area contributed by atoms with Gasteiger partial charge in [0.05, 0.1) is 10.2 Å². The van der Waals surface area contributed by atoms with E-state index in [0.29, 0.717) is 20.8 Å². The Labute approximate surface area is 156 Å². The minimum Gasteiger partial charge on any atom is -0.267 e. The molecule has 0 fully saturated rings. The van der Waals surface area contributed by atoms with Gasteiger partial charge in [0.1, 0.15) is 22.6 Å². The standard InChI is InChI=1S/C19H9ClFN3OS/c20-14-3-1-2-12(8-14)9-17-18(25)24(16-6-4-15(21)5-7-16)19(26-17)13(10-22)11-23/h1-9H/b17-9+. The molecule has 0 aliphatic heterocycles. The molecule has 0 atom stereocenters. The smallest absolute Gasteiger partial charge is 0.267 e. The number of aromatic nitrogens is 1. The topological polar surface area (TPSA) is 69.6 Å². The number of nitriles is 2. The van der Waals surface area contributed by atoms with Crippen molar-refractivity contribution in [3.05, 3.63) is 84.5 Å². The molecule has 0 unspecified atom stereocenters. The van der Waals surface area contributed by atoms with Crippen molar-refractivity contribution in [2.45, 2.75) is 0 Å². The number of halogens is 2. The fraction of sp³-hybridized carbons (Fsp3) is 0. The maximum Gasteiger partial charge on any atom is 0.273 e. The molecule has 0 radical (unpaired) electrons. The summed E-state index contributed by atoms with van der Waals surface area (Å²) in [6, 6.07) is 15.8. The van der Waals surface area contributed by atoms with Crippen LogP contribution in [-0.4, -0.2) is 4.57 Å². The van der Waals surface area contributed by atoms with Gasteiger partial charge in [0.25, 0.3) is 5.56 Å². The van der Waals surface area contributed by atoms with Gasteiger partial charge in [0, 0.05) is 5.02 Å². The van der Waals surface area contributed by atoms with Gasteiger partial charge in [-0.1, -0.05) is 23.7 Å². The first kappa shape index (κ1) is 17.6. The average Bonchev–Trinajstić information content (AvgIpc) is 2.93. The number of hydrogen-bond donors (Lipinski definition) is 0. The Balaban J connectivity index is 2.38. The monoisotopic (exact) mass is 381 g/mol. The van der Waals surface area contributed by atoms with Gasteiger partial charge in [-0.15, -0.1) is 11.3 Å². The Morgan fingerprint density at radius 2 is 1.85 bits per heavy atom. The van der Waals surface area contributed by atoms with E-state index in [0.717, 1.165) is 11.3 Å². The molecule has 1 heterocycles. The summed E-state index contributed by atoms with van der Waals surface area (Å²) >= 11 is 6.99. The van der Waals surface area contributed by atoms with Gasteiger partial charge in [-0.3, -0.25) is 9.36 Å². The molecule has 0 saturated heterocycles. The van der Waals surface area contributed by atoms with Crippen molar-refractivity contribution >= 4 is 34.6 Å². The van der Waals surface area contributed by atoms with Crippen LogP contribution in [0, 0.1) is 28.5 Å². The molecule has 0 spiro atoms. The van der Waals surface area contributed by atoms with Crippen molar-refractivity contribution in [1.82, 2.24) is 4.57 Å². The van der Waals surface area contributed by atoms with Gasteiger partial charge in [-0.25, -0.2) is 4.39 Å². The highest BCUT2D eigenvalue weighted by atomic mass is 35.5. The van der Waals surface area contributed by atoms with E-state index in [2.05, 4.69) is 0 Å². The van der Waals surface area contributed by atoms with Crippen LogP contribution < -0.4 is 14.8 Å². The minimum absolute atomic E-state index is 0.192. The third-order valence-corrected chi connectivity index (χ3v) is 4.82. The van der Waals surface area contributed by atoms with Crippen LogP contribution in [0.15, 0.2) is 53.3 Å². The first-order valence-corrected chi connectivity index (χ1v) is 8.52. The van der Waals surface area contributed by atoms with Crippen molar-refractivity contribution in [3.8, 4) is 17.8 Å². The lowest BCUT2D eigenvalue weighted by Crippen LogP contribution is -2.30. The van der Waals surface area contributed by atoms with Crippen LogP contribution in [0.5, 0.6) is 0 Å². The Bertz CT molecular complexity index is 1230. The molecule has 0 bridgehead atoms. The van der Waals surface area contributed by atoms with E-state index in [9.17, 15) is 19.7 Å². The van der Waals surface area contributed by atoms with Gasteiger partial charge in [0.15, 0.2) is 5.57 Å². The van der Waals surface area contributed by atoms with E-state index in [1.807, 2.05) is 0 Å². The molecule has 0 aliphatic rings. The van der Waals surface area contributed by atoms with Crippen LogP contribution in [0.4, 0.5) is 4.39 Å². The highest BCUT2D eigenvalue weighted by molar-refractivity contribution is 7.07. The van der Waals surface area contributed by atoms with Gasteiger partial charge in [-0.2, -0.15) is 10.5 Å². The van der Waals surface area contributed by atoms with Crippen molar-refractivity contribution < 1.29 is 4.39 Å². The third-order valence-electron chi connectivity index (χ3n) is 3.49. The number of nitrogens with zero attached hydrogens (tertiary/aromatic N) is 3. The van der Waals surface area contributed by atoms with E-state index in [1.165, 1.54) is 28.8 Å². The van der Waals surface area contributed by atoms with Crippen molar-refractivity contribution in [2.24, 2.45) is 0 Å². The quantitative estimate of drug-likeness (QED) is 0.685. The molecule has 126 valence electrons. The first-order chi connectivity index (χ1) is 12.5. The molecule has 0 amide bonds. The van der Waals surface area contributed by atoms with E-state index in [-0.39, 0.29) is 10.2 Å². The third kappa shape index (κ3) is 3.43. The van der Waals surface area contributed by atoms with Gasteiger partial charge in [0.2, 0.25) is 0 Å². The Morgan fingerprint density at radius 3 is 2.46 bits per heavy atom. The van der Waals surface area contributed by atoms with Crippen molar-refractivity contribution in [1.29, 1.82) is 10.5 Å². The van der Waals surface area contributed by atoms with Crippen LogP contribution in [-0.2, 0) is 0 Å². The number of rotatable bonds is 2. The summed E-state index contributed by atoms with van der Waals surface area (Å²) in [5.41, 5.74) is 0.488. The fourth-order valence-electron chi connectivity index (χ4n) is 2.34. The molecule has 0 saturated carbocycles. The molecule has 0 aliphatic carbocycles. The molecule has 0 N–H and O–H groups in total. The van der Waals surface area contributed by atoms with Crippen LogP contribution in [0.25, 0.3) is 17.3 Å². The lowest BCUT2D eigenvalue weighted by atomic mass is 10.2. The SMILES string of the molecule is N#CC(C#N)=c1s/c(=C/c2cccc(Cl)c2)c(=O)n1-c1ccc(F)cc1. The highest BCUT2D eigenvalue weighted by Crippen LogP contribution is 2.11. The van der Waals surface area contributed by atoms with Crippen LogP contribution in [0.1, 0.15) is 5.56 Å². The van der Waals surface area contributed by atoms with Crippen LogP contribution in [0.3, 0.4) is 0 Å². The number of thiazole rings is 1. The lowest BCUT2D eigenvalue weighted by molar-refractivity contribution is 0.627. The van der Waals surface area contributed by atoms with E-state index in [4.69, 9.17) is 11.6 Å². The second-order valence-electron chi connectivity index (χ2n) is 5.19. The maximum atomic E-state index is 13.2. The van der Waals surface area contributed by atoms with Crippen LogP contribution >= 0.6 is 22.9 Å². The molecule has 3 aromatic rings. The van der Waals surface area contributed by atoms with Gasteiger partial charge < -0.3 is 0 Å². The van der Waals surface area contributed by atoms with Crippen molar-refractivity contribution in [2.75, 3.05) is 0 Å². The molecule has 26 heavy (non-hydrogen) atoms. The largest absolute Gasteiger partial charge is 0.273 e. The van der Waals surface area contributed by atoms with E-state index in [1.54, 1.807) is 42.5 Å². The van der Waals surface area contributed by atoms with Gasteiger partial charge >= 0.3 is 0 Å². The Hall–Kier alpha value is -3.19. The minimum atomic E-state index is -0.450. The Morgan fingerprint density at radius 1 is 1.15 bits per heavy atom. The van der Waals surface area contributed by atoms with E-state index >= 15 is 0 Å². The highest BCUT2D eigenvalue weighted by Gasteiger charge is 2.11. The fourth-order valence-corrected chi connectivity index (χ4v) is 3.60. The zero-order valence-electron chi connectivity index (χ0n) is 13.1. The van der Waals surface area contributed by atoms with E-state index < -0.39 is 11.4 Å². The summed E-state index contributed by atoms with van der Waals surface area (Å²) in [6.07, 6.45) is 1.63. The normalized spacial score (nSPS) is 11.0.